The molecule has 2 aromatic heterocycles. The van der Waals surface area contributed by atoms with Crippen LogP contribution in [0.5, 0.6) is 0 Å². The molecule has 2 heterocycles. The van der Waals surface area contributed by atoms with Gasteiger partial charge in [-0.05, 0) is 36.0 Å². The van der Waals surface area contributed by atoms with Gasteiger partial charge in [0.25, 0.3) is 0 Å². The predicted octanol–water partition coefficient (Wildman–Crippen LogP) is 3.35. The lowest BCUT2D eigenvalue weighted by atomic mass is 10.1. The lowest BCUT2D eigenvalue weighted by Crippen LogP contribution is -2.06. The molecule has 0 atom stereocenters. The maximum Gasteiger partial charge on any atom is 0.121 e. The summed E-state index contributed by atoms with van der Waals surface area (Å²) in [5.74, 6) is 0.925. The molecule has 0 bridgehead atoms. The van der Waals surface area contributed by atoms with Crippen molar-refractivity contribution in [1.29, 1.82) is 0 Å². The van der Waals surface area contributed by atoms with Gasteiger partial charge in [0.05, 0.1) is 6.54 Å². The smallest absolute Gasteiger partial charge is 0.121 e. The number of hydrogen-bond acceptors (Lipinski definition) is 2. The highest BCUT2D eigenvalue weighted by atomic mass is 79.9. The van der Waals surface area contributed by atoms with Crippen LogP contribution in [0.25, 0.3) is 22.2 Å². The number of aromatic nitrogens is 3. The van der Waals surface area contributed by atoms with Crippen molar-refractivity contribution in [3.8, 4) is 11.3 Å². The average molecular weight is 319 g/mol. The monoisotopic (exact) mass is 318 g/mol. The van der Waals surface area contributed by atoms with Crippen molar-refractivity contribution in [3.05, 3.63) is 40.4 Å². The van der Waals surface area contributed by atoms with E-state index in [0.29, 0.717) is 0 Å². The van der Waals surface area contributed by atoms with Gasteiger partial charge in [0.1, 0.15) is 16.1 Å². The van der Waals surface area contributed by atoms with Gasteiger partial charge in [0, 0.05) is 22.2 Å². The zero-order valence-corrected chi connectivity index (χ0v) is 12.4. The first-order valence-electron chi connectivity index (χ1n) is 6.17. The molecule has 0 radical (unpaired) electrons. The molecule has 0 saturated heterocycles. The van der Waals surface area contributed by atoms with Crippen LogP contribution in [0, 0.1) is 6.92 Å². The van der Waals surface area contributed by atoms with Crippen LogP contribution in [-0.4, -0.2) is 22.0 Å². The van der Waals surface area contributed by atoms with Crippen LogP contribution in [-0.2, 0) is 6.54 Å². The lowest BCUT2D eigenvalue weighted by molar-refractivity contribution is 0.771. The van der Waals surface area contributed by atoms with Gasteiger partial charge in [-0.2, -0.15) is 0 Å². The summed E-state index contributed by atoms with van der Waals surface area (Å²) in [7, 11) is 1.91. The summed E-state index contributed by atoms with van der Waals surface area (Å²) in [6.07, 6.45) is 0. The summed E-state index contributed by atoms with van der Waals surface area (Å²) in [6.45, 7) is 2.80. The van der Waals surface area contributed by atoms with Crippen molar-refractivity contribution in [2.45, 2.75) is 13.5 Å². The third-order valence-electron chi connectivity index (χ3n) is 3.18. The zero-order valence-electron chi connectivity index (χ0n) is 10.8. The number of aryl methyl sites for hydroxylation is 1. The molecular weight excluding hydrogens is 304 g/mol. The number of benzene rings is 1. The first kappa shape index (κ1) is 12.4. The van der Waals surface area contributed by atoms with Gasteiger partial charge in [-0.15, -0.1) is 0 Å². The minimum absolute atomic E-state index is 0.722. The molecule has 5 heteroatoms. The predicted molar refractivity (Wildman–Crippen MR) is 81.1 cm³/mol. The highest BCUT2D eigenvalue weighted by Gasteiger charge is 2.16. The van der Waals surface area contributed by atoms with E-state index in [0.717, 1.165) is 39.4 Å². The van der Waals surface area contributed by atoms with E-state index in [2.05, 4.69) is 55.3 Å². The molecular formula is C14H15BrN4. The number of para-hydroxylation sites is 1. The maximum absolute atomic E-state index is 4.67. The van der Waals surface area contributed by atoms with Gasteiger partial charge in [0.15, 0.2) is 0 Å². The van der Waals surface area contributed by atoms with E-state index >= 15 is 0 Å². The molecule has 0 aliphatic rings. The Morgan fingerprint density at radius 3 is 2.84 bits per heavy atom. The van der Waals surface area contributed by atoms with Crippen LogP contribution in [0.4, 0.5) is 0 Å². The fourth-order valence-electron chi connectivity index (χ4n) is 2.40. The van der Waals surface area contributed by atoms with E-state index in [1.165, 1.54) is 5.39 Å². The molecule has 3 N–H and O–H groups in total. The molecule has 0 spiro atoms. The van der Waals surface area contributed by atoms with E-state index < -0.39 is 0 Å². The lowest BCUT2D eigenvalue weighted by Gasteiger charge is -1.98. The number of H-pyrrole nitrogens is 2. The first-order chi connectivity index (χ1) is 9.20. The molecule has 98 valence electrons. The van der Waals surface area contributed by atoms with Crippen molar-refractivity contribution in [1.82, 2.24) is 20.3 Å². The minimum atomic E-state index is 0.722. The number of hydrogen-bond donors (Lipinski definition) is 3. The molecule has 19 heavy (non-hydrogen) atoms. The Balaban J connectivity index is 2.21. The molecule has 0 amide bonds. The molecule has 0 fully saturated rings. The van der Waals surface area contributed by atoms with Crippen molar-refractivity contribution < 1.29 is 0 Å². The largest absolute Gasteiger partial charge is 0.358 e. The van der Waals surface area contributed by atoms with Gasteiger partial charge >= 0.3 is 0 Å². The third kappa shape index (κ3) is 2.09. The van der Waals surface area contributed by atoms with E-state index in [9.17, 15) is 0 Å². The van der Waals surface area contributed by atoms with Crippen molar-refractivity contribution in [2.75, 3.05) is 7.05 Å². The van der Waals surface area contributed by atoms with Crippen LogP contribution in [0.2, 0.25) is 0 Å². The van der Waals surface area contributed by atoms with Crippen LogP contribution < -0.4 is 5.32 Å². The number of aromatic amines is 2. The van der Waals surface area contributed by atoms with Gasteiger partial charge in [0.2, 0.25) is 0 Å². The molecule has 0 saturated carbocycles. The molecule has 4 nitrogen and oxygen atoms in total. The summed E-state index contributed by atoms with van der Waals surface area (Å²) in [5.41, 5.74) is 4.38. The quantitative estimate of drug-likeness (QED) is 0.693. The second-order valence-electron chi connectivity index (χ2n) is 4.55. The van der Waals surface area contributed by atoms with Gasteiger partial charge in [-0.3, -0.25) is 0 Å². The first-order valence-corrected chi connectivity index (χ1v) is 6.96. The number of rotatable bonds is 3. The molecule has 0 unspecified atom stereocenters. The Labute approximate surface area is 119 Å². The second-order valence-corrected chi connectivity index (χ2v) is 5.34. The standard InChI is InChI=1S/C14H15BrN4/c1-8-12(9-5-3-4-6-10(9)17-8)13-14(15)19-11(18-13)7-16-2/h3-6,16-17H,7H2,1-2H3,(H,18,19). The second kappa shape index (κ2) is 4.83. The van der Waals surface area contributed by atoms with Crippen molar-refractivity contribution >= 4 is 26.8 Å². The topological polar surface area (TPSA) is 56.5 Å². The fourth-order valence-corrected chi connectivity index (χ4v) is 2.91. The highest BCUT2D eigenvalue weighted by molar-refractivity contribution is 9.10. The van der Waals surface area contributed by atoms with Crippen LogP contribution >= 0.6 is 15.9 Å². The highest BCUT2D eigenvalue weighted by Crippen LogP contribution is 2.34. The average Bonchev–Trinajstić information content (AvgIpc) is 2.89. The summed E-state index contributed by atoms with van der Waals surface area (Å²) in [6, 6.07) is 8.29. The number of halogens is 1. The van der Waals surface area contributed by atoms with Gasteiger partial charge in [-0.25, -0.2) is 4.98 Å². The number of nitrogens with one attached hydrogen (secondary N) is 3. The van der Waals surface area contributed by atoms with Crippen LogP contribution in [0.1, 0.15) is 11.5 Å². The van der Waals surface area contributed by atoms with Gasteiger partial charge < -0.3 is 15.3 Å². The Morgan fingerprint density at radius 2 is 2.05 bits per heavy atom. The Bertz CT molecular complexity index is 726. The van der Waals surface area contributed by atoms with Crippen LogP contribution in [0.3, 0.4) is 0 Å². The van der Waals surface area contributed by atoms with E-state index in [1.807, 2.05) is 19.2 Å². The summed E-state index contributed by atoms with van der Waals surface area (Å²) in [5, 5.41) is 4.30. The molecule has 1 aromatic carbocycles. The Morgan fingerprint density at radius 1 is 1.26 bits per heavy atom. The molecule has 3 aromatic rings. The van der Waals surface area contributed by atoms with Crippen molar-refractivity contribution in [3.63, 3.8) is 0 Å². The molecule has 0 aliphatic carbocycles. The normalized spacial score (nSPS) is 11.3. The van der Waals surface area contributed by atoms with Crippen molar-refractivity contribution in [2.24, 2.45) is 0 Å². The zero-order chi connectivity index (χ0) is 13.4. The third-order valence-corrected chi connectivity index (χ3v) is 3.76. The van der Waals surface area contributed by atoms with E-state index in [1.54, 1.807) is 0 Å². The number of imidazole rings is 1. The Hall–Kier alpha value is -1.59. The summed E-state index contributed by atoms with van der Waals surface area (Å²) >= 11 is 3.57. The molecule has 0 aliphatic heterocycles. The number of fused-ring (bicyclic) bond motifs is 1. The number of nitrogens with zero attached hydrogens (tertiary/aromatic N) is 1. The SMILES string of the molecule is CNCc1nc(-c2c(C)[nH]c3ccccc23)c(Br)[nH]1. The minimum Gasteiger partial charge on any atom is -0.358 e. The fraction of sp³-hybridized carbons (Fsp3) is 0.214. The summed E-state index contributed by atoms with van der Waals surface area (Å²) in [4.78, 5) is 11.3. The Kier molecular flexibility index (Phi) is 3.16. The van der Waals surface area contributed by atoms with Gasteiger partial charge in [-0.1, -0.05) is 18.2 Å². The van der Waals surface area contributed by atoms with Crippen LogP contribution in [0.15, 0.2) is 28.9 Å². The summed E-state index contributed by atoms with van der Waals surface area (Å²) < 4.78 is 0.922. The maximum atomic E-state index is 4.67. The molecule has 3 rings (SSSR count). The van der Waals surface area contributed by atoms with E-state index in [-0.39, 0.29) is 0 Å². The van der Waals surface area contributed by atoms with E-state index in [4.69, 9.17) is 0 Å².